The van der Waals surface area contributed by atoms with Crippen molar-refractivity contribution in [3.63, 3.8) is 0 Å². The first-order valence-electron chi connectivity index (χ1n) is 8.82. The van der Waals surface area contributed by atoms with Crippen LogP contribution in [0.3, 0.4) is 0 Å². The number of hydrogen-bond acceptors (Lipinski definition) is 5. The lowest BCUT2D eigenvalue weighted by molar-refractivity contribution is 0.0313. The Kier molecular flexibility index (Phi) is 4.73. The molecule has 1 atom stereocenters. The molecule has 1 fully saturated rings. The van der Waals surface area contributed by atoms with Gasteiger partial charge in [-0.25, -0.2) is 4.98 Å². The number of hydrogen-bond donors (Lipinski definition) is 2. The number of nitrogens with one attached hydrogen (secondary N) is 2. The van der Waals surface area contributed by atoms with Crippen LogP contribution in [0.2, 0.25) is 0 Å². The number of nitrogens with zero attached hydrogens (tertiary/aromatic N) is 2. The summed E-state index contributed by atoms with van der Waals surface area (Å²) in [6.45, 7) is 5.84. The molecule has 26 heavy (non-hydrogen) atoms. The Balaban J connectivity index is 1.39. The van der Waals surface area contributed by atoms with Gasteiger partial charge in [-0.3, -0.25) is 9.69 Å². The molecule has 0 aliphatic carbocycles. The van der Waals surface area contributed by atoms with Gasteiger partial charge in [0.1, 0.15) is 17.8 Å². The number of imidazole rings is 1. The van der Waals surface area contributed by atoms with E-state index in [4.69, 9.17) is 9.15 Å². The van der Waals surface area contributed by atoms with Crippen molar-refractivity contribution in [1.29, 1.82) is 0 Å². The molecular formula is C19H22N4O3. The maximum atomic E-state index is 12.5. The number of amides is 1. The lowest BCUT2D eigenvalue weighted by Crippen LogP contribution is -2.35. The molecule has 2 aromatic heterocycles. The smallest absolute Gasteiger partial charge is 0.255 e. The number of carbonyl (C=O) groups is 1. The number of rotatable bonds is 5. The Morgan fingerprint density at radius 2 is 2.15 bits per heavy atom. The molecule has 7 heteroatoms. The lowest BCUT2D eigenvalue weighted by atomic mass is 10.2. The van der Waals surface area contributed by atoms with Gasteiger partial charge in [-0.1, -0.05) is 12.1 Å². The fourth-order valence-corrected chi connectivity index (χ4v) is 3.09. The van der Waals surface area contributed by atoms with Gasteiger partial charge >= 0.3 is 0 Å². The minimum atomic E-state index is -0.229. The molecule has 0 radical (unpaired) electrons. The van der Waals surface area contributed by atoms with Gasteiger partial charge in [0.2, 0.25) is 0 Å². The highest BCUT2D eigenvalue weighted by molar-refractivity contribution is 5.94. The summed E-state index contributed by atoms with van der Waals surface area (Å²) in [5, 5.41) is 2.96. The third-order valence-electron chi connectivity index (χ3n) is 4.56. The van der Waals surface area contributed by atoms with Gasteiger partial charge in [0.15, 0.2) is 0 Å². The summed E-state index contributed by atoms with van der Waals surface area (Å²) in [6.07, 6.45) is 1.51. The zero-order chi connectivity index (χ0) is 17.9. The van der Waals surface area contributed by atoms with Gasteiger partial charge in [-0.15, -0.1) is 0 Å². The van der Waals surface area contributed by atoms with Crippen LogP contribution in [0.15, 0.2) is 41.0 Å². The fourth-order valence-electron chi connectivity index (χ4n) is 3.09. The monoisotopic (exact) mass is 354 g/mol. The van der Waals surface area contributed by atoms with Gasteiger partial charge in [0.05, 0.1) is 42.4 Å². The van der Waals surface area contributed by atoms with Crippen LogP contribution in [-0.4, -0.2) is 47.1 Å². The van der Waals surface area contributed by atoms with Crippen molar-refractivity contribution in [2.45, 2.75) is 19.5 Å². The van der Waals surface area contributed by atoms with Crippen molar-refractivity contribution in [1.82, 2.24) is 20.2 Å². The number of para-hydroxylation sites is 2. The number of H-pyrrole nitrogens is 1. The van der Waals surface area contributed by atoms with E-state index in [9.17, 15) is 4.79 Å². The molecule has 4 rings (SSSR count). The third kappa shape index (κ3) is 3.63. The summed E-state index contributed by atoms with van der Waals surface area (Å²) in [4.78, 5) is 22.5. The topological polar surface area (TPSA) is 83.4 Å². The van der Waals surface area contributed by atoms with Crippen LogP contribution >= 0.6 is 0 Å². The maximum absolute atomic E-state index is 12.5. The summed E-state index contributed by atoms with van der Waals surface area (Å²) >= 11 is 0. The largest absolute Gasteiger partial charge is 0.467 e. The molecule has 1 aliphatic heterocycles. The molecule has 2 N–H and O–H groups in total. The predicted molar refractivity (Wildman–Crippen MR) is 96.8 cm³/mol. The van der Waals surface area contributed by atoms with E-state index >= 15 is 0 Å². The molecule has 1 amide bonds. The number of benzene rings is 1. The van der Waals surface area contributed by atoms with Crippen molar-refractivity contribution < 1.29 is 13.9 Å². The second-order valence-corrected chi connectivity index (χ2v) is 6.52. The highest BCUT2D eigenvalue weighted by Gasteiger charge is 2.18. The minimum absolute atomic E-state index is 0.171. The van der Waals surface area contributed by atoms with E-state index in [0.29, 0.717) is 12.1 Å². The average Bonchev–Trinajstić information content (AvgIpc) is 3.29. The summed E-state index contributed by atoms with van der Waals surface area (Å²) in [6, 6.07) is 9.38. The molecule has 136 valence electrons. The number of furan rings is 1. The fraction of sp³-hybridized carbons (Fsp3) is 0.368. The first kappa shape index (κ1) is 16.8. The second-order valence-electron chi connectivity index (χ2n) is 6.52. The molecule has 7 nitrogen and oxygen atoms in total. The average molecular weight is 354 g/mol. The Bertz CT molecular complexity index is 862. The number of carbonyl (C=O) groups excluding carboxylic acids is 1. The van der Waals surface area contributed by atoms with E-state index in [1.54, 1.807) is 6.07 Å². The zero-order valence-electron chi connectivity index (χ0n) is 14.7. The molecule has 3 aromatic rings. The zero-order valence-corrected chi connectivity index (χ0v) is 14.7. The van der Waals surface area contributed by atoms with Gasteiger partial charge in [-0.2, -0.15) is 0 Å². The first-order valence-corrected chi connectivity index (χ1v) is 8.82. The number of aromatic nitrogens is 2. The van der Waals surface area contributed by atoms with E-state index in [-0.39, 0.29) is 11.9 Å². The van der Waals surface area contributed by atoms with Crippen LogP contribution in [0.5, 0.6) is 0 Å². The normalized spacial score (nSPS) is 16.7. The first-order chi connectivity index (χ1) is 12.7. The predicted octanol–water partition coefficient (Wildman–Crippen LogP) is 2.48. The van der Waals surface area contributed by atoms with E-state index in [2.05, 4.69) is 20.2 Å². The summed E-state index contributed by atoms with van der Waals surface area (Å²) in [5.74, 6) is 1.35. The number of aromatic amines is 1. The summed E-state index contributed by atoms with van der Waals surface area (Å²) < 4.78 is 10.9. The van der Waals surface area contributed by atoms with Crippen LogP contribution < -0.4 is 5.32 Å². The van der Waals surface area contributed by atoms with Crippen LogP contribution in [0, 0.1) is 0 Å². The van der Waals surface area contributed by atoms with Gasteiger partial charge in [-0.05, 0) is 25.1 Å². The number of fused-ring (bicyclic) bond motifs is 1. The van der Waals surface area contributed by atoms with Crippen molar-refractivity contribution in [2.75, 3.05) is 26.3 Å². The molecular weight excluding hydrogens is 332 g/mol. The second kappa shape index (κ2) is 7.31. The molecule has 1 aromatic carbocycles. The van der Waals surface area contributed by atoms with Crippen LogP contribution in [0.25, 0.3) is 11.0 Å². The molecule has 0 saturated carbocycles. The molecule has 3 heterocycles. The maximum Gasteiger partial charge on any atom is 0.255 e. The highest BCUT2D eigenvalue weighted by Crippen LogP contribution is 2.17. The van der Waals surface area contributed by atoms with Crippen molar-refractivity contribution in [2.24, 2.45) is 0 Å². The van der Waals surface area contributed by atoms with E-state index in [0.717, 1.165) is 48.9 Å². The van der Waals surface area contributed by atoms with Crippen molar-refractivity contribution in [3.8, 4) is 0 Å². The number of morpholine rings is 1. The number of ether oxygens (including phenoxy) is 1. The molecule has 0 spiro atoms. The lowest BCUT2D eigenvalue weighted by Gasteiger charge is -2.25. The summed E-state index contributed by atoms with van der Waals surface area (Å²) in [5.41, 5.74) is 2.37. The third-order valence-corrected chi connectivity index (χ3v) is 4.56. The standard InChI is InChI=1S/C19H22N4O3/c1-13(18-21-16-4-2-3-5-17(16)22-18)20-19(24)14-10-15(26-12-14)11-23-6-8-25-9-7-23/h2-5,10,12-13H,6-9,11H2,1H3,(H,20,24)(H,21,22). The van der Waals surface area contributed by atoms with Gasteiger partial charge in [0.25, 0.3) is 5.91 Å². The van der Waals surface area contributed by atoms with Gasteiger partial charge < -0.3 is 19.5 Å². The Labute approximate surface area is 151 Å². The van der Waals surface area contributed by atoms with Gasteiger partial charge in [0, 0.05) is 13.1 Å². The Hall–Kier alpha value is -2.64. The van der Waals surface area contributed by atoms with Crippen LogP contribution in [-0.2, 0) is 11.3 Å². The summed E-state index contributed by atoms with van der Waals surface area (Å²) in [7, 11) is 0. The van der Waals surface area contributed by atoms with E-state index in [1.807, 2.05) is 31.2 Å². The van der Waals surface area contributed by atoms with Crippen molar-refractivity contribution >= 4 is 16.9 Å². The minimum Gasteiger partial charge on any atom is -0.467 e. The molecule has 1 saturated heterocycles. The highest BCUT2D eigenvalue weighted by atomic mass is 16.5. The van der Waals surface area contributed by atoms with E-state index < -0.39 is 0 Å². The van der Waals surface area contributed by atoms with Crippen molar-refractivity contribution in [3.05, 3.63) is 53.7 Å². The Morgan fingerprint density at radius 1 is 1.35 bits per heavy atom. The van der Waals surface area contributed by atoms with E-state index in [1.165, 1.54) is 6.26 Å². The molecule has 1 aliphatic rings. The SMILES string of the molecule is CC(NC(=O)c1coc(CN2CCOCC2)c1)c1nc2ccccc2[nH]1. The van der Waals surface area contributed by atoms with Crippen LogP contribution in [0.1, 0.15) is 34.9 Å². The Morgan fingerprint density at radius 3 is 2.96 bits per heavy atom. The molecule has 0 bridgehead atoms. The quantitative estimate of drug-likeness (QED) is 0.735. The van der Waals surface area contributed by atoms with Crippen LogP contribution in [0.4, 0.5) is 0 Å². The molecule has 1 unspecified atom stereocenters.